The summed E-state index contributed by atoms with van der Waals surface area (Å²) >= 11 is 3.41. The van der Waals surface area contributed by atoms with Crippen LogP contribution in [-0.4, -0.2) is 11.5 Å². The Bertz CT molecular complexity index is 363. The summed E-state index contributed by atoms with van der Waals surface area (Å²) < 4.78 is 1.04. The molecule has 0 radical (unpaired) electrons. The Kier molecular flexibility index (Phi) is 4.48. The zero-order valence-corrected chi connectivity index (χ0v) is 9.98. The molecule has 0 unspecified atom stereocenters. The van der Waals surface area contributed by atoms with Gasteiger partial charge in [0.1, 0.15) is 5.82 Å². The van der Waals surface area contributed by atoms with E-state index in [0.29, 0.717) is 0 Å². The van der Waals surface area contributed by atoms with Crippen LogP contribution in [0.3, 0.4) is 0 Å². The highest BCUT2D eigenvalue weighted by Gasteiger charge is 1.96. The fraction of sp³-hybridized carbons (Fsp3) is 0.364. The number of anilines is 1. The summed E-state index contributed by atoms with van der Waals surface area (Å²) in [6.07, 6.45) is 2.66. The Morgan fingerprint density at radius 3 is 3.00 bits per heavy atom. The molecule has 1 aromatic heterocycles. The molecule has 14 heavy (non-hydrogen) atoms. The molecule has 0 amide bonds. The van der Waals surface area contributed by atoms with E-state index in [1.54, 1.807) is 0 Å². The van der Waals surface area contributed by atoms with E-state index in [1.807, 2.05) is 26.1 Å². The average molecular weight is 253 g/mol. The zero-order chi connectivity index (χ0) is 10.4. The maximum atomic E-state index is 4.23. The first-order valence-corrected chi connectivity index (χ1v) is 5.29. The molecule has 1 N–H and O–H groups in total. The van der Waals surface area contributed by atoms with E-state index in [2.05, 4.69) is 38.1 Å². The molecule has 0 aliphatic carbocycles. The topological polar surface area (TPSA) is 24.9 Å². The van der Waals surface area contributed by atoms with E-state index in [0.717, 1.165) is 23.3 Å². The first-order valence-electron chi connectivity index (χ1n) is 4.49. The van der Waals surface area contributed by atoms with Gasteiger partial charge in [-0.3, -0.25) is 0 Å². The highest BCUT2D eigenvalue weighted by molar-refractivity contribution is 9.10. The highest BCUT2D eigenvalue weighted by atomic mass is 79.9. The molecule has 0 spiro atoms. The van der Waals surface area contributed by atoms with Crippen LogP contribution in [0.5, 0.6) is 0 Å². The lowest BCUT2D eigenvalue weighted by atomic mass is 10.3. The predicted octanol–water partition coefficient (Wildman–Crippen LogP) is 2.98. The van der Waals surface area contributed by atoms with Gasteiger partial charge < -0.3 is 5.32 Å². The fourth-order valence-electron chi connectivity index (χ4n) is 1.01. The van der Waals surface area contributed by atoms with Gasteiger partial charge in [-0.2, -0.15) is 0 Å². The molecule has 0 saturated carbocycles. The van der Waals surface area contributed by atoms with Crippen molar-refractivity contribution in [2.24, 2.45) is 0 Å². The maximum absolute atomic E-state index is 4.23. The molecular weight excluding hydrogens is 240 g/mol. The number of nitrogens with zero attached hydrogens (tertiary/aromatic N) is 1. The highest BCUT2D eigenvalue weighted by Crippen LogP contribution is 2.16. The Morgan fingerprint density at radius 2 is 2.36 bits per heavy atom. The Labute approximate surface area is 93.3 Å². The zero-order valence-electron chi connectivity index (χ0n) is 8.39. The molecule has 0 atom stereocenters. The second-order valence-electron chi connectivity index (χ2n) is 2.92. The van der Waals surface area contributed by atoms with E-state index in [1.165, 1.54) is 5.56 Å². The van der Waals surface area contributed by atoms with Gasteiger partial charge in [-0.15, -0.1) is 11.8 Å². The molecule has 0 bridgehead atoms. The SMILES string of the molecule is CC#CCCNc1cc(C)c(Br)cn1. The maximum Gasteiger partial charge on any atom is 0.126 e. The van der Waals surface area contributed by atoms with Crippen LogP contribution in [0.15, 0.2) is 16.7 Å². The number of pyridine rings is 1. The van der Waals surface area contributed by atoms with Gasteiger partial charge in [0.2, 0.25) is 0 Å². The van der Waals surface area contributed by atoms with Gasteiger partial charge in [0.25, 0.3) is 0 Å². The molecule has 0 aliphatic heterocycles. The fourth-order valence-corrected chi connectivity index (χ4v) is 1.23. The largest absolute Gasteiger partial charge is 0.369 e. The molecule has 3 heteroatoms. The summed E-state index contributed by atoms with van der Waals surface area (Å²) in [6.45, 7) is 4.74. The molecule has 1 heterocycles. The van der Waals surface area contributed by atoms with Crippen molar-refractivity contribution >= 4 is 21.7 Å². The van der Waals surface area contributed by atoms with Crippen molar-refractivity contribution in [3.05, 3.63) is 22.3 Å². The van der Waals surface area contributed by atoms with Crippen LogP contribution >= 0.6 is 15.9 Å². The molecule has 74 valence electrons. The van der Waals surface area contributed by atoms with Crippen molar-refractivity contribution in [3.63, 3.8) is 0 Å². The molecule has 0 fully saturated rings. The molecular formula is C11H13BrN2. The first-order chi connectivity index (χ1) is 6.74. The summed E-state index contributed by atoms with van der Waals surface area (Å²) in [4.78, 5) is 4.23. The summed E-state index contributed by atoms with van der Waals surface area (Å²) in [5.74, 6) is 6.76. The second kappa shape index (κ2) is 5.66. The Hall–Kier alpha value is -1.01. The van der Waals surface area contributed by atoms with Gasteiger partial charge >= 0.3 is 0 Å². The van der Waals surface area contributed by atoms with E-state index >= 15 is 0 Å². The summed E-state index contributed by atoms with van der Waals surface area (Å²) in [5, 5.41) is 3.21. The third-order valence-electron chi connectivity index (χ3n) is 1.78. The predicted molar refractivity (Wildman–Crippen MR) is 63.2 cm³/mol. The molecule has 0 aromatic carbocycles. The number of rotatable bonds is 3. The van der Waals surface area contributed by atoms with Crippen LogP contribution in [0, 0.1) is 18.8 Å². The molecule has 2 nitrogen and oxygen atoms in total. The summed E-state index contributed by atoms with van der Waals surface area (Å²) in [7, 11) is 0. The van der Waals surface area contributed by atoms with Crippen LogP contribution in [-0.2, 0) is 0 Å². The Balaban J connectivity index is 2.50. The Morgan fingerprint density at radius 1 is 1.57 bits per heavy atom. The quantitative estimate of drug-likeness (QED) is 0.661. The van der Waals surface area contributed by atoms with Crippen molar-refractivity contribution in [3.8, 4) is 11.8 Å². The summed E-state index contributed by atoms with van der Waals surface area (Å²) in [6, 6.07) is 2.02. The van der Waals surface area contributed by atoms with Gasteiger partial charge in [0, 0.05) is 23.6 Å². The molecule has 0 aliphatic rings. The van der Waals surface area contributed by atoms with Crippen LogP contribution in [0.2, 0.25) is 0 Å². The number of aryl methyl sites for hydroxylation is 1. The van der Waals surface area contributed by atoms with Crippen LogP contribution in [0.25, 0.3) is 0 Å². The summed E-state index contributed by atoms with van der Waals surface area (Å²) in [5.41, 5.74) is 1.18. The normalized spacial score (nSPS) is 9.07. The number of aromatic nitrogens is 1. The standard InChI is InChI=1S/C11H13BrN2/c1-3-4-5-6-13-11-7-9(2)10(12)8-14-11/h7-8H,5-6H2,1-2H3,(H,13,14). The first kappa shape index (κ1) is 11.1. The van der Waals surface area contributed by atoms with Gasteiger partial charge in [-0.05, 0) is 41.4 Å². The molecule has 1 rings (SSSR count). The molecule has 0 saturated heterocycles. The van der Waals surface area contributed by atoms with Gasteiger partial charge in [0.15, 0.2) is 0 Å². The van der Waals surface area contributed by atoms with Crippen LogP contribution < -0.4 is 5.32 Å². The number of nitrogens with one attached hydrogen (secondary N) is 1. The monoisotopic (exact) mass is 252 g/mol. The van der Waals surface area contributed by atoms with Gasteiger partial charge in [-0.1, -0.05) is 0 Å². The van der Waals surface area contributed by atoms with Crippen molar-refractivity contribution in [1.29, 1.82) is 0 Å². The van der Waals surface area contributed by atoms with Gasteiger partial charge in [0.05, 0.1) is 0 Å². The minimum absolute atomic E-state index is 0.842. The lowest BCUT2D eigenvalue weighted by molar-refractivity contribution is 1.07. The number of hydrogen-bond donors (Lipinski definition) is 1. The van der Waals surface area contributed by atoms with Crippen LogP contribution in [0.4, 0.5) is 5.82 Å². The third-order valence-corrected chi connectivity index (χ3v) is 2.61. The van der Waals surface area contributed by atoms with Crippen molar-refractivity contribution in [1.82, 2.24) is 4.98 Å². The van der Waals surface area contributed by atoms with Crippen LogP contribution in [0.1, 0.15) is 18.9 Å². The lowest BCUT2D eigenvalue weighted by Crippen LogP contribution is -2.02. The van der Waals surface area contributed by atoms with E-state index < -0.39 is 0 Å². The van der Waals surface area contributed by atoms with E-state index in [9.17, 15) is 0 Å². The number of hydrogen-bond acceptors (Lipinski definition) is 2. The second-order valence-corrected chi connectivity index (χ2v) is 3.78. The molecule has 1 aromatic rings. The minimum Gasteiger partial charge on any atom is -0.369 e. The van der Waals surface area contributed by atoms with E-state index in [4.69, 9.17) is 0 Å². The average Bonchev–Trinajstić information content (AvgIpc) is 2.18. The van der Waals surface area contributed by atoms with Crippen molar-refractivity contribution < 1.29 is 0 Å². The minimum atomic E-state index is 0.842. The lowest BCUT2D eigenvalue weighted by Gasteiger charge is -2.04. The van der Waals surface area contributed by atoms with Crippen molar-refractivity contribution in [2.45, 2.75) is 20.3 Å². The number of halogens is 1. The smallest absolute Gasteiger partial charge is 0.126 e. The third kappa shape index (κ3) is 3.39. The van der Waals surface area contributed by atoms with Crippen molar-refractivity contribution in [2.75, 3.05) is 11.9 Å². The van der Waals surface area contributed by atoms with Gasteiger partial charge in [-0.25, -0.2) is 4.98 Å². The van der Waals surface area contributed by atoms with E-state index in [-0.39, 0.29) is 0 Å².